The fourth-order valence-corrected chi connectivity index (χ4v) is 4.61. The second-order valence-corrected chi connectivity index (χ2v) is 8.96. The molecule has 1 aliphatic carbocycles. The van der Waals surface area contributed by atoms with E-state index >= 15 is 0 Å². The number of piperidine rings is 1. The molecule has 5 rings (SSSR count). The van der Waals surface area contributed by atoms with Gasteiger partial charge in [0.05, 0.1) is 10.9 Å². The van der Waals surface area contributed by atoms with Crippen LogP contribution in [-0.2, 0) is 16.0 Å². The van der Waals surface area contributed by atoms with Crippen LogP contribution in [-0.4, -0.2) is 39.4 Å². The van der Waals surface area contributed by atoms with Gasteiger partial charge in [-0.1, -0.05) is 30.3 Å². The molecule has 2 aromatic carbocycles. The third-order valence-electron chi connectivity index (χ3n) is 6.62. The highest BCUT2D eigenvalue weighted by Gasteiger charge is 2.30. The Morgan fingerprint density at radius 1 is 0.939 bits per heavy atom. The van der Waals surface area contributed by atoms with Crippen molar-refractivity contribution in [2.75, 3.05) is 18.4 Å². The molecule has 1 aromatic heterocycles. The van der Waals surface area contributed by atoms with Gasteiger partial charge in [0.15, 0.2) is 0 Å². The van der Waals surface area contributed by atoms with Crippen LogP contribution >= 0.6 is 0 Å². The monoisotopic (exact) mass is 444 g/mol. The maximum absolute atomic E-state index is 13.0. The first kappa shape index (κ1) is 21.4. The number of carbonyl (C=O) groups is 2. The number of amides is 2. The number of para-hydroxylation sites is 2. The molecule has 0 radical (unpaired) electrons. The lowest BCUT2D eigenvalue weighted by atomic mass is 9.95. The molecule has 1 saturated carbocycles. The minimum Gasteiger partial charge on any atom is -0.343 e. The molecule has 33 heavy (non-hydrogen) atoms. The number of benzene rings is 2. The van der Waals surface area contributed by atoms with Gasteiger partial charge in [0.2, 0.25) is 11.8 Å². The molecule has 2 amide bonds. The summed E-state index contributed by atoms with van der Waals surface area (Å²) in [5.74, 6) is 0.687. The van der Waals surface area contributed by atoms with E-state index in [0.29, 0.717) is 55.5 Å². The summed E-state index contributed by atoms with van der Waals surface area (Å²) >= 11 is 0. The number of hydrogen-bond acceptors (Lipinski definition) is 4. The fraction of sp³-hybridized carbons (Fsp3) is 0.385. The summed E-state index contributed by atoms with van der Waals surface area (Å²) in [6.45, 7) is 1.15. The topological polar surface area (TPSA) is 84.3 Å². The third-order valence-corrected chi connectivity index (χ3v) is 6.62. The predicted molar refractivity (Wildman–Crippen MR) is 127 cm³/mol. The largest absolute Gasteiger partial charge is 0.343 e. The highest BCUT2D eigenvalue weighted by Crippen LogP contribution is 2.35. The lowest BCUT2D eigenvalue weighted by molar-refractivity contribution is -0.134. The Morgan fingerprint density at radius 2 is 1.64 bits per heavy atom. The van der Waals surface area contributed by atoms with Crippen LogP contribution in [0.15, 0.2) is 59.4 Å². The summed E-state index contributed by atoms with van der Waals surface area (Å²) in [6.07, 6.45) is 4.05. The van der Waals surface area contributed by atoms with E-state index in [4.69, 9.17) is 4.98 Å². The molecular weight excluding hydrogens is 416 g/mol. The lowest BCUT2D eigenvalue weighted by Crippen LogP contribution is -2.41. The highest BCUT2D eigenvalue weighted by molar-refractivity contribution is 5.92. The molecular formula is C26H28N4O3. The van der Waals surface area contributed by atoms with Gasteiger partial charge in [-0.2, -0.15) is 0 Å². The zero-order valence-corrected chi connectivity index (χ0v) is 18.6. The molecule has 7 heteroatoms. The molecule has 0 spiro atoms. The minimum absolute atomic E-state index is 0.00390. The van der Waals surface area contributed by atoms with E-state index in [0.717, 1.165) is 18.5 Å². The molecule has 0 unspecified atom stereocenters. The predicted octanol–water partition coefficient (Wildman–Crippen LogP) is 3.54. The number of rotatable bonds is 6. The Hall–Kier alpha value is -3.48. The summed E-state index contributed by atoms with van der Waals surface area (Å²) in [5, 5.41) is 3.60. The lowest BCUT2D eigenvalue weighted by Gasteiger charge is -2.31. The molecule has 0 atom stereocenters. The van der Waals surface area contributed by atoms with Crippen molar-refractivity contribution in [3.8, 4) is 0 Å². The number of hydrogen-bond donors (Lipinski definition) is 1. The van der Waals surface area contributed by atoms with Crippen LogP contribution in [0.2, 0.25) is 0 Å². The van der Waals surface area contributed by atoms with E-state index in [9.17, 15) is 14.4 Å². The Labute approximate surface area is 192 Å². The molecule has 1 saturated heterocycles. The molecule has 7 nitrogen and oxygen atoms in total. The Morgan fingerprint density at radius 3 is 2.36 bits per heavy atom. The Bertz CT molecular complexity index is 1230. The molecule has 2 aliphatic rings. The van der Waals surface area contributed by atoms with Gasteiger partial charge in [0.25, 0.3) is 5.56 Å². The Kier molecular flexibility index (Phi) is 5.94. The van der Waals surface area contributed by atoms with Crippen molar-refractivity contribution in [2.45, 2.75) is 44.6 Å². The van der Waals surface area contributed by atoms with E-state index in [2.05, 4.69) is 5.32 Å². The van der Waals surface area contributed by atoms with Gasteiger partial charge in [0.1, 0.15) is 5.82 Å². The summed E-state index contributed by atoms with van der Waals surface area (Å²) in [5.41, 5.74) is 1.48. The molecule has 1 N–H and O–H groups in total. The van der Waals surface area contributed by atoms with Crippen molar-refractivity contribution in [3.63, 3.8) is 0 Å². The van der Waals surface area contributed by atoms with Gasteiger partial charge in [-0.05, 0) is 49.9 Å². The number of likely N-dealkylation sites (tertiary alicyclic amines) is 1. The van der Waals surface area contributed by atoms with Crippen molar-refractivity contribution >= 4 is 28.4 Å². The normalized spacial score (nSPS) is 16.7. The van der Waals surface area contributed by atoms with Gasteiger partial charge in [-0.25, -0.2) is 4.98 Å². The van der Waals surface area contributed by atoms with Crippen LogP contribution in [0.5, 0.6) is 0 Å². The van der Waals surface area contributed by atoms with Crippen molar-refractivity contribution in [2.24, 2.45) is 5.92 Å². The zero-order valence-electron chi connectivity index (χ0n) is 18.6. The van der Waals surface area contributed by atoms with Crippen molar-refractivity contribution in [1.82, 2.24) is 14.5 Å². The van der Waals surface area contributed by atoms with Gasteiger partial charge in [0, 0.05) is 43.6 Å². The van der Waals surface area contributed by atoms with E-state index < -0.39 is 0 Å². The van der Waals surface area contributed by atoms with E-state index in [1.807, 2.05) is 59.5 Å². The molecule has 3 aromatic rings. The van der Waals surface area contributed by atoms with Crippen LogP contribution in [0, 0.1) is 5.92 Å². The van der Waals surface area contributed by atoms with Crippen LogP contribution in [0.3, 0.4) is 0 Å². The number of aryl methyl sites for hydroxylation is 1. The van der Waals surface area contributed by atoms with E-state index in [1.54, 1.807) is 4.57 Å². The number of anilines is 1. The van der Waals surface area contributed by atoms with Gasteiger partial charge >= 0.3 is 0 Å². The SMILES string of the molecule is O=C(Nc1ccccc1)C1CCN(C(=O)CCc2nc3ccccc3c(=O)n2C2CC2)CC1. The van der Waals surface area contributed by atoms with Crippen LogP contribution < -0.4 is 10.9 Å². The molecule has 170 valence electrons. The first-order chi connectivity index (χ1) is 16.1. The quantitative estimate of drug-likeness (QED) is 0.630. The maximum atomic E-state index is 13.0. The maximum Gasteiger partial charge on any atom is 0.261 e. The molecule has 1 aliphatic heterocycles. The van der Waals surface area contributed by atoms with E-state index in [-0.39, 0.29) is 29.3 Å². The summed E-state index contributed by atoms with van der Waals surface area (Å²) < 4.78 is 1.80. The summed E-state index contributed by atoms with van der Waals surface area (Å²) in [6, 6.07) is 17.1. The van der Waals surface area contributed by atoms with E-state index in [1.165, 1.54) is 0 Å². The van der Waals surface area contributed by atoms with Gasteiger partial charge in [-0.15, -0.1) is 0 Å². The minimum atomic E-state index is -0.0866. The van der Waals surface area contributed by atoms with Gasteiger partial charge < -0.3 is 10.2 Å². The molecule has 2 fully saturated rings. The van der Waals surface area contributed by atoms with Crippen molar-refractivity contribution < 1.29 is 9.59 Å². The number of carbonyl (C=O) groups excluding carboxylic acids is 2. The molecule has 0 bridgehead atoms. The van der Waals surface area contributed by atoms with Crippen LogP contribution in [0.25, 0.3) is 10.9 Å². The first-order valence-electron chi connectivity index (χ1n) is 11.7. The summed E-state index contributed by atoms with van der Waals surface area (Å²) in [4.78, 5) is 45.0. The van der Waals surface area contributed by atoms with Gasteiger partial charge in [-0.3, -0.25) is 19.0 Å². The van der Waals surface area contributed by atoms with Crippen molar-refractivity contribution in [1.29, 1.82) is 0 Å². The second kappa shape index (κ2) is 9.17. The van der Waals surface area contributed by atoms with Crippen LogP contribution in [0.1, 0.15) is 44.0 Å². The highest BCUT2D eigenvalue weighted by atomic mass is 16.2. The van der Waals surface area contributed by atoms with Crippen LogP contribution in [0.4, 0.5) is 5.69 Å². The Balaban J connectivity index is 1.19. The average molecular weight is 445 g/mol. The fourth-order valence-electron chi connectivity index (χ4n) is 4.61. The van der Waals surface area contributed by atoms with Crippen molar-refractivity contribution in [3.05, 3.63) is 70.8 Å². The smallest absolute Gasteiger partial charge is 0.261 e. The number of fused-ring (bicyclic) bond motifs is 1. The first-order valence-corrected chi connectivity index (χ1v) is 11.7. The standard InChI is InChI=1S/C26H28N4O3/c31-24(29-16-14-18(15-17-29)25(32)27-19-6-2-1-3-7-19)13-12-23-28-22-9-5-4-8-21(22)26(33)30(23)20-10-11-20/h1-9,18,20H,10-17H2,(H,27,32). The number of nitrogens with one attached hydrogen (secondary N) is 1. The molecule has 2 heterocycles. The zero-order chi connectivity index (χ0) is 22.8. The second-order valence-electron chi connectivity index (χ2n) is 8.96. The average Bonchev–Trinajstić information content (AvgIpc) is 3.68. The third kappa shape index (κ3) is 4.67. The number of nitrogens with zero attached hydrogens (tertiary/aromatic N) is 3. The summed E-state index contributed by atoms with van der Waals surface area (Å²) in [7, 11) is 0. The number of aromatic nitrogens is 2.